The molecule has 0 aliphatic carbocycles. The van der Waals surface area contributed by atoms with Gasteiger partial charge in [0.2, 0.25) is 0 Å². The smallest absolute Gasteiger partial charge is 0.259 e. The zero-order valence-electron chi connectivity index (χ0n) is 22.8. The van der Waals surface area contributed by atoms with Crippen molar-refractivity contribution in [1.29, 1.82) is 0 Å². The summed E-state index contributed by atoms with van der Waals surface area (Å²) < 4.78 is 25.5. The summed E-state index contributed by atoms with van der Waals surface area (Å²) in [5, 5.41) is 5.71. The molecular weight excluding hydrogens is 525 g/mol. The number of methoxy groups -OCH3 is 1. The van der Waals surface area contributed by atoms with Gasteiger partial charge in [0.15, 0.2) is 11.6 Å². The largest absolute Gasteiger partial charge is 0.493 e. The molecule has 0 bridgehead atoms. The third-order valence-corrected chi connectivity index (χ3v) is 6.83. The van der Waals surface area contributed by atoms with E-state index in [1.165, 1.54) is 13.2 Å². The third-order valence-electron chi connectivity index (χ3n) is 6.83. The number of hydrogen-bond acceptors (Lipinski definition) is 7. The Bertz CT molecular complexity index is 1540. The second kappa shape index (κ2) is 12.6. The Morgan fingerprint density at radius 3 is 2.54 bits per heavy atom. The molecule has 1 aliphatic rings. The molecule has 210 valence electrons. The Labute approximate surface area is 237 Å². The Morgan fingerprint density at radius 1 is 1.05 bits per heavy atom. The first-order valence-electron chi connectivity index (χ1n) is 13.2. The number of nitrogens with zero attached hydrogens (tertiary/aromatic N) is 3. The number of hydrogen-bond donors (Lipinski definition) is 2. The van der Waals surface area contributed by atoms with Gasteiger partial charge in [0.05, 0.1) is 37.8 Å². The summed E-state index contributed by atoms with van der Waals surface area (Å²) in [7, 11) is 1.33. The van der Waals surface area contributed by atoms with Gasteiger partial charge in [-0.1, -0.05) is 18.2 Å². The van der Waals surface area contributed by atoms with Crippen molar-refractivity contribution in [1.82, 2.24) is 15.3 Å². The van der Waals surface area contributed by atoms with Crippen LogP contribution in [0.2, 0.25) is 0 Å². The number of nitrogens with one attached hydrogen (secondary N) is 2. The molecule has 2 aromatic heterocycles. The van der Waals surface area contributed by atoms with E-state index >= 15 is 0 Å². The van der Waals surface area contributed by atoms with Crippen LogP contribution in [0.4, 0.5) is 15.8 Å². The Kier molecular flexibility index (Phi) is 8.50. The molecule has 1 fully saturated rings. The van der Waals surface area contributed by atoms with Crippen molar-refractivity contribution >= 4 is 23.2 Å². The SMILES string of the molecule is COc1c(F)cc(N2CCOCC2)cc1C(=O)Nc1cnc(C)c(-c2ccc(C(=O)NCc3cccnc3)cc2)c1. The molecule has 41 heavy (non-hydrogen) atoms. The maximum atomic E-state index is 14.9. The molecule has 0 atom stereocenters. The number of morpholine rings is 1. The topological polar surface area (TPSA) is 106 Å². The van der Waals surface area contributed by atoms with Crippen LogP contribution in [0.25, 0.3) is 11.1 Å². The number of halogens is 1. The highest BCUT2D eigenvalue weighted by Gasteiger charge is 2.22. The van der Waals surface area contributed by atoms with Gasteiger partial charge in [-0.2, -0.15) is 0 Å². The van der Waals surface area contributed by atoms with E-state index in [2.05, 4.69) is 20.6 Å². The maximum absolute atomic E-state index is 14.9. The Balaban J connectivity index is 1.32. The van der Waals surface area contributed by atoms with Crippen molar-refractivity contribution in [2.24, 2.45) is 0 Å². The minimum atomic E-state index is -0.617. The van der Waals surface area contributed by atoms with E-state index in [9.17, 15) is 14.0 Å². The fourth-order valence-electron chi connectivity index (χ4n) is 4.64. The molecule has 0 saturated carbocycles. The lowest BCUT2D eigenvalue weighted by molar-refractivity contribution is 0.0950. The molecule has 9 nitrogen and oxygen atoms in total. The minimum absolute atomic E-state index is 0.0813. The van der Waals surface area contributed by atoms with Gasteiger partial charge in [0, 0.05) is 60.6 Å². The number of benzene rings is 2. The van der Waals surface area contributed by atoms with E-state index in [0.717, 1.165) is 22.4 Å². The van der Waals surface area contributed by atoms with Crippen LogP contribution in [-0.4, -0.2) is 55.2 Å². The van der Waals surface area contributed by atoms with Crippen molar-refractivity contribution in [3.8, 4) is 16.9 Å². The summed E-state index contributed by atoms with van der Waals surface area (Å²) in [5.41, 5.74) is 4.89. The highest BCUT2D eigenvalue weighted by Crippen LogP contribution is 2.31. The molecule has 10 heteroatoms. The van der Waals surface area contributed by atoms with Crippen LogP contribution in [0.3, 0.4) is 0 Å². The summed E-state index contributed by atoms with van der Waals surface area (Å²) in [6, 6.07) is 15.7. The fraction of sp³-hybridized carbons (Fsp3) is 0.226. The molecule has 2 amide bonds. The van der Waals surface area contributed by atoms with Crippen molar-refractivity contribution in [3.05, 3.63) is 101 Å². The van der Waals surface area contributed by atoms with Crippen molar-refractivity contribution < 1.29 is 23.5 Å². The van der Waals surface area contributed by atoms with Gasteiger partial charge in [0.1, 0.15) is 0 Å². The number of rotatable bonds is 8. The minimum Gasteiger partial charge on any atom is -0.493 e. The van der Waals surface area contributed by atoms with Crippen LogP contribution in [0, 0.1) is 12.7 Å². The zero-order chi connectivity index (χ0) is 28.8. The second-order valence-electron chi connectivity index (χ2n) is 9.54. The fourth-order valence-corrected chi connectivity index (χ4v) is 4.64. The lowest BCUT2D eigenvalue weighted by Gasteiger charge is -2.29. The van der Waals surface area contributed by atoms with Crippen LogP contribution < -0.4 is 20.3 Å². The molecular formula is C31H30FN5O4. The summed E-state index contributed by atoms with van der Waals surface area (Å²) in [6.45, 7) is 4.50. The van der Waals surface area contributed by atoms with Crippen LogP contribution >= 0.6 is 0 Å². The summed E-state index contributed by atoms with van der Waals surface area (Å²) in [5.74, 6) is -1.46. The van der Waals surface area contributed by atoms with E-state index in [0.29, 0.717) is 49.8 Å². The van der Waals surface area contributed by atoms with Gasteiger partial charge >= 0.3 is 0 Å². The molecule has 1 aliphatic heterocycles. The highest BCUT2D eigenvalue weighted by molar-refractivity contribution is 6.07. The van der Waals surface area contributed by atoms with Crippen molar-refractivity contribution in [2.45, 2.75) is 13.5 Å². The van der Waals surface area contributed by atoms with Gasteiger partial charge in [0.25, 0.3) is 11.8 Å². The van der Waals surface area contributed by atoms with Crippen LogP contribution in [0.5, 0.6) is 5.75 Å². The average Bonchev–Trinajstić information content (AvgIpc) is 3.01. The second-order valence-corrected chi connectivity index (χ2v) is 9.54. The summed E-state index contributed by atoms with van der Waals surface area (Å²) in [6.07, 6.45) is 4.94. The summed E-state index contributed by atoms with van der Waals surface area (Å²) >= 11 is 0. The Morgan fingerprint density at radius 2 is 1.83 bits per heavy atom. The molecule has 2 aromatic carbocycles. The lowest BCUT2D eigenvalue weighted by Crippen LogP contribution is -2.36. The highest BCUT2D eigenvalue weighted by atomic mass is 19.1. The van der Waals surface area contributed by atoms with Gasteiger partial charge in [-0.25, -0.2) is 4.39 Å². The van der Waals surface area contributed by atoms with Crippen LogP contribution in [0.1, 0.15) is 32.0 Å². The molecule has 1 saturated heterocycles. The quantitative estimate of drug-likeness (QED) is 0.327. The first kappa shape index (κ1) is 27.7. The average molecular weight is 556 g/mol. The van der Waals surface area contributed by atoms with E-state index < -0.39 is 11.7 Å². The number of amides is 2. The molecule has 5 rings (SSSR count). The van der Waals surface area contributed by atoms with Crippen LogP contribution in [0.15, 0.2) is 73.2 Å². The molecule has 0 radical (unpaired) electrons. The van der Waals surface area contributed by atoms with Gasteiger partial charge in [-0.05, 0) is 48.4 Å². The van der Waals surface area contributed by atoms with E-state index in [4.69, 9.17) is 9.47 Å². The molecule has 3 heterocycles. The number of aryl methyl sites for hydroxylation is 1. The first-order valence-corrected chi connectivity index (χ1v) is 13.2. The normalized spacial score (nSPS) is 13.0. The van der Waals surface area contributed by atoms with Crippen molar-refractivity contribution in [2.75, 3.05) is 43.6 Å². The molecule has 4 aromatic rings. The maximum Gasteiger partial charge on any atom is 0.259 e. The van der Waals surface area contributed by atoms with E-state index in [1.54, 1.807) is 42.9 Å². The molecule has 0 unspecified atom stereocenters. The monoisotopic (exact) mass is 555 g/mol. The standard InChI is InChI=1S/C31H30FN5O4/c1-20-26(22-5-7-23(8-6-22)30(38)35-18-21-4-3-9-33-17-21)14-24(19-34-20)36-31(39)27-15-25(16-28(32)29(27)40-2)37-10-12-41-13-11-37/h3-9,14-17,19H,10-13,18H2,1-2H3,(H,35,38)(H,36,39). The number of ether oxygens (including phenoxy) is 2. The number of aromatic nitrogens is 2. The van der Waals surface area contributed by atoms with Gasteiger partial charge < -0.3 is 25.0 Å². The number of carbonyl (C=O) groups is 2. The number of carbonyl (C=O) groups excluding carboxylic acids is 2. The number of anilines is 2. The van der Waals surface area contributed by atoms with Crippen molar-refractivity contribution in [3.63, 3.8) is 0 Å². The first-order chi connectivity index (χ1) is 19.9. The lowest BCUT2D eigenvalue weighted by atomic mass is 10.0. The van der Waals surface area contributed by atoms with Gasteiger partial charge in [-0.15, -0.1) is 0 Å². The van der Waals surface area contributed by atoms with Crippen LogP contribution in [-0.2, 0) is 11.3 Å². The predicted octanol–water partition coefficient (Wildman–Crippen LogP) is 4.62. The van der Waals surface area contributed by atoms with Gasteiger partial charge in [-0.3, -0.25) is 19.6 Å². The van der Waals surface area contributed by atoms with E-state index in [-0.39, 0.29) is 17.2 Å². The zero-order valence-corrected chi connectivity index (χ0v) is 22.8. The Hall–Kier alpha value is -4.83. The molecule has 2 N–H and O–H groups in total. The molecule has 0 spiro atoms. The third kappa shape index (κ3) is 6.50. The predicted molar refractivity (Wildman–Crippen MR) is 154 cm³/mol. The van der Waals surface area contributed by atoms with E-state index in [1.807, 2.05) is 36.1 Å². The number of pyridine rings is 2. The summed E-state index contributed by atoms with van der Waals surface area (Å²) in [4.78, 5) is 36.4.